The number of carboxylic acid groups (broad SMARTS) is 1. The van der Waals surface area contributed by atoms with Crippen LogP contribution in [0.2, 0.25) is 0 Å². The van der Waals surface area contributed by atoms with Crippen molar-refractivity contribution < 1.29 is 19.4 Å². The van der Waals surface area contributed by atoms with E-state index in [1.54, 1.807) is 14.2 Å². The Morgan fingerprint density at radius 3 is 2.25 bits per heavy atom. The first-order valence-corrected chi connectivity index (χ1v) is 5.10. The van der Waals surface area contributed by atoms with Gasteiger partial charge in [0.2, 0.25) is 0 Å². The van der Waals surface area contributed by atoms with Gasteiger partial charge in [0.15, 0.2) is 0 Å². The molecule has 0 heterocycles. The fourth-order valence-corrected chi connectivity index (χ4v) is 1.59. The Labute approximate surface area is 94.8 Å². The molecule has 4 nitrogen and oxygen atoms in total. The second-order valence-corrected chi connectivity index (χ2v) is 3.39. The van der Waals surface area contributed by atoms with E-state index in [2.05, 4.69) is 0 Å². The van der Waals surface area contributed by atoms with Gasteiger partial charge in [-0.1, -0.05) is 6.07 Å². The molecule has 4 heteroatoms. The van der Waals surface area contributed by atoms with Crippen LogP contribution in [0.25, 0.3) is 0 Å². The van der Waals surface area contributed by atoms with Crippen LogP contribution in [-0.4, -0.2) is 25.3 Å². The van der Waals surface area contributed by atoms with Gasteiger partial charge in [0.1, 0.15) is 11.5 Å². The SMILES string of the molecule is COc1cccc(OC)c1CCCC(=O)O. The molecule has 0 saturated heterocycles. The first-order valence-electron chi connectivity index (χ1n) is 5.10. The van der Waals surface area contributed by atoms with E-state index in [9.17, 15) is 4.79 Å². The summed E-state index contributed by atoms with van der Waals surface area (Å²) in [6, 6.07) is 5.54. The van der Waals surface area contributed by atoms with Gasteiger partial charge in [0, 0.05) is 12.0 Å². The van der Waals surface area contributed by atoms with E-state index in [-0.39, 0.29) is 6.42 Å². The van der Waals surface area contributed by atoms with Crippen LogP contribution in [0.15, 0.2) is 18.2 Å². The molecule has 0 saturated carbocycles. The van der Waals surface area contributed by atoms with Crippen molar-refractivity contribution in [3.05, 3.63) is 23.8 Å². The van der Waals surface area contributed by atoms with E-state index in [0.717, 1.165) is 17.1 Å². The highest BCUT2D eigenvalue weighted by Gasteiger charge is 2.09. The molecular formula is C12H16O4. The Morgan fingerprint density at radius 1 is 1.25 bits per heavy atom. The number of ether oxygens (including phenoxy) is 2. The van der Waals surface area contributed by atoms with Gasteiger partial charge in [-0.25, -0.2) is 0 Å². The van der Waals surface area contributed by atoms with E-state index in [1.165, 1.54) is 0 Å². The monoisotopic (exact) mass is 224 g/mol. The number of benzene rings is 1. The van der Waals surface area contributed by atoms with E-state index >= 15 is 0 Å². The van der Waals surface area contributed by atoms with Crippen molar-refractivity contribution in [3.8, 4) is 11.5 Å². The third-order valence-corrected chi connectivity index (χ3v) is 2.35. The highest BCUT2D eigenvalue weighted by atomic mass is 16.5. The molecule has 1 N–H and O–H groups in total. The van der Waals surface area contributed by atoms with Crippen LogP contribution in [0.5, 0.6) is 11.5 Å². The number of carbonyl (C=O) groups is 1. The number of hydrogen-bond acceptors (Lipinski definition) is 3. The van der Waals surface area contributed by atoms with Gasteiger partial charge < -0.3 is 14.6 Å². The minimum atomic E-state index is -0.783. The quantitative estimate of drug-likeness (QED) is 0.804. The molecule has 0 unspecified atom stereocenters. The van der Waals surface area contributed by atoms with Crippen molar-refractivity contribution in [2.45, 2.75) is 19.3 Å². The lowest BCUT2D eigenvalue weighted by Crippen LogP contribution is -2.00. The summed E-state index contributed by atoms with van der Waals surface area (Å²) in [4.78, 5) is 10.4. The van der Waals surface area contributed by atoms with Crippen molar-refractivity contribution in [2.75, 3.05) is 14.2 Å². The molecule has 88 valence electrons. The van der Waals surface area contributed by atoms with Crippen LogP contribution in [0.3, 0.4) is 0 Å². The summed E-state index contributed by atoms with van der Waals surface area (Å²) in [5.74, 6) is 0.698. The third kappa shape index (κ3) is 3.15. The van der Waals surface area contributed by atoms with E-state index in [4.69, 9.17) is 14.6 Å². The maximum atomic E-state index is 10.4. The Morgan fingerprint density at radius 2 is 1.81 bits per heavy atom. The zero-order chi connectivity index (χ0) is 12.0. The van der Waals surface area contributed by atoms with Crippen LogP contribution in [0.1, 0.15) is 18.4 Å². The predicted molar refractivity (Wildman–Crippen MR) is 60.1 cm³/mol. The molecule has 0 aromatic heterocycles. The molecule has 1 rings (SSSR count). The van der Waals surface area contributed by atoms with Gasteiger partial charge in [-0.3, -0.25) is 4.79 Å². The fourth-order valence-electron chi connectivity index (χ4n) is 1.59. The number of rotatable bonds is 6. The van der Waals surface area contributed by atoms with Crippen LogP contribution in [-0.2, 0) is 11.2 Å². The summed E-state index contributed by atoms with van der Waals surface area (Å²) in [7, 11) is 3.19. The zero-order valence-electron chi connectivity index (χ0n) is 9.53. The lowest BCUT2D eigenvalue weighted by molar-refractivity contribution is -0.137. The smallest absolute Gasteiger partial charge is 0.303 e. The molecule has 1 aromatic rings. The average Bonchev–Trinajstić information content (AvgIpc) is 2.28. The molecule has 0 aliphatic carbocycles. The largest absolute Gasteiger partial charge is 0.496 e. The maximum Gasteiger partial charge on any atom is 0.303 e. The highest BCUT2D eigenvalue weighted by molar-refractivity contribution is 5.66. The predicted octanol–water partition coefficient (Wildman–Crippen LogP) is 2.11. The molecular weight excluding hydrogens is 208 g/mol. The molecule has 0 amide bonds. The summed E-state index contributed by atoms with van der Waals surface area (Å²) in [5.41, 5.74) is 0.925. The minimum absolute atomic E-state index is 0.154. The van der Waals surface area contributed by atoms with Gasteiger partial charge >= 0.3 is 5.97 Å². The van der Waals surface area contributed by atoms with Crippen molar-refractivity contribution in [2.24, 2.45) is 0 Å². The normalized spacial score (nSPS) is 9.88. The Kier molecular flexibility index (Phi) is 4.64. The van der Waals surface area contributed by atoms with Gasteiger partial charge in [-0.15, -0.1) is 0 Å². The number of aliphatic carboxylic acids is 1. The summed E-state index contributed by atoms with van der Waals surface area (Å²) in [6.07, 6.45) is 1.37. The van der Waals surface area contributed by atoms with Crippen molar-refractivity contribution >= 4 is 5.97 Å². The molecule has 0 aliphatic rings. The van der Waals surface area contributed by atoms with Gasteiger partial charge in [0.25, 0.3) is 0 Å². The number of hydrogen-bond donors (Lipinski definition) is 1. The summed E-state index contributed by atoms with van der Waals surface area (Å²) in [5, 5.41) is 8.58. The standard InChI is InChI=1S/C12H16O4/c1-15-10-6-4-7-11(16-2)9(10)5-3-8-12(13)14/h4,6-7H,3,5,8H2,1-2H3,(H,13,14). The molecule has 1 aromatic carbocycles. The van der Waals surface area contributed by atoms with E-state index < -0.39 is 5.97 Å². The van der Waals surface area contributed by atoms with Crippen LogP contribution < -0.4 is 9.47 Å². The molecule has 0 radical (unpaired) electrons. The van der Waals surface area contributed by atoms with Crippen LogP contribution in [0.4, 0.5) is 0 Å². The summed E-state index contributed by atoms with van der Waals surface area (Å²) >= 11 is 0. The topological polar surface area (TPSA) is 55.8 Å². The van der Waals surface area contributed by atoms with E-state index in [0.29, 0.717) is 12.8 Å². The molecule has 0 fully saturated rings. The lowest BCUT2D eigenvalue weighted by Gasteiger charge is -2.12. The molecule has 0 spiro atoms. The van der Waals surface area contributed by atoms with Crippen molar-refractivity contribution in [1.29, 1.82) is 0 Å². The van der Waals surface area contributed by atoms with Gasteiger partial charge in [-0.05, 0) is 25.0 Å². The first kappa shape index (κ1) is 12.4. The Bertz CT molecular complexity index is 338. The van der Waals surface area contributed by atoms with Crippen molar-refractivity contribution in [3.63, 3.8) is 0 Å². The van der Waals surface area contributed by atoms with Gasteiger partial charge in [-0.2, -0.15) is 0 Å². The fraction of sp³-hybridized carbons (Fsp3) is 0.417. The summed E-state index contributed by atoms with van der Waals surface area (Å²) in [6.45, 7) is 0. The Hall–Kier alpha value is -1.71. The second kappa shape index (κ2) is 6.00. The molecule has 0 bridgehead atoms. The Balaban J connectivity index is 2.78. The van der Waals surface area contributed by atoms with Crippen LogP contribution in [0, 0.1) is 0 Å². The highest BCUT2D eigenvalue weighted by Crippen LogP contribution is 2.29. The third-order valence-electron chi connectivity index (χ3n) is 2.35. The minimum Gasteiger partial charge on any atom is -0.496 e. The van der Waals surface area contributed by atoms with E-state index in [1.807, 2.05) is 18.2 Å². The second-order valence-electron chi connectivity index (χ2n) is 3.39. The zero-order valence-corrected chi connectivity index (χ0v) is 9.53. The molecule has 0 atom stereocenters. The van der Waals surface area contributed by atoms with Crippen LogP contribution >= 0.6 is 0 Å². The van der Waals surface area contributed by atoms with Gasteiger partial charge in [0.05, 0.1) is 14.2 Å². The number of methoxy groups -OCH3 is 2. The molecule has 0 aliphatic heterocycles. The number of carboxylic acids is 1. The molecule has 16 heavy (non-hydrogen) atoms. The average molecular weight is 224 g/mol. The first-order chi connectivity index (χ1) is 7.69. The summed E-state index contributed by atoms with van der Waals surface area (Å²) < 4.78 is 10.4. The maximum absolute atomic E-state index is 10.4. The lowest BCUT2D eigenvalue weighted by atomic mass is 10.1. The van der Waals surface area contributed by atoms with Crippen molar-refractivity contribution in [1.82, 2.24) is 0 Å².